The summed E-state index contributed by atoms with van der Waals surface area (Å²) in [5, 5.41) is 30.8. The third-order valence-corrected chi connectivity index (χ3v) is 5.44. The van der Waals surface area contributed by atoms with Crippen LogP contribution in [0.5, 0.6) is 0 Å². The van der Waals surface area contributed by atoms with Crippen LogP contribution in [0, 0.1) is 11.3 Å². The van der Waals surface area contributed by atoms with Crippen molar-refractivity contribution >= 4 is 47.4 Å². The van der Waals surface area contributed by atoms with Gasteiger partial charge in [-0.2, -0.15) is 13.2 Å². The zero-order valence-electron chi connectivity index (χ0n) is 23.3. The van der Waals surface area contributed by atoms with E-state index in [0.717, 1.165) is 0 Å². The van der Waals surface area contributed by atoms with Crippen molar-refractivity contribution in [2.75, 3.05) is 13.6 Å². The fraction of sp³-hybridized carbons (Fsp3) is 0.417. The number of aliphatic carboxylic acids is 2. The van der Waals surface area contributed by atoms with Gasteiger partial charge in [-0.25, -0.2) is 4.79 Å². The maximum atomic E-state index is 13.0. The molecule has 4 amide bonds. The van der Waals surface area contributed by atoms with E-state index in [1.54, 1.807) is 24.3 Å². The van der Waals surface area contributed by atoms with Crippen LogP contribution >= 0.6 is 0 Å². The van der Waals surface area contributed by atoms with Gasteiger partial charge in [0, 0.05) is 19.2 Å². The lowest BCUT2D eigenvalue weighted by Crippen LogP contribution is -2.55. The van der Waals surface area contributed by atoms with E-state index >= 15 is 0 Å². The number of nitrogens with two attached hydrogens (primary N) is 4. The summed E-state index contributed by atoms with van der Waals surface area (Å²) in [5.41, 5.74) is 22.2. The molecule has 1 unspecified atom stereocenters. The Bertz CT molecular complexity index is 1240. The van der Waals surface area contributed by atoms with Gasteiger partial charge in [-0.1, -0.05) is 24.3 Å². The molecule has 0 spiro atoms. The summed E-state index contributed by atoms with van der Waals surface area (Å²) in [5.74, 6) is -9.20. The second-order valence-electron chi connectivity index (χ2n) is 8.86. The number of primary amides is 1. The van der Waals surface area contributed by atoms with Gasteiger partial charge in [-0.15, -0.1) is 0 Å². The Morgan fingerprint density at radius 2 is 1.43 bits per heavy atom. The lowest BCUT2D eigenvalue weighted by molar-refractivity contribution is -0.192. The minimum absolute atomic E-state index is 0.0582. The van der Waals surface area contributed by atoms with Crippen molar-refractivity contribution in [1.29, 1.82) is 5.41 Å². The predicted molar refractivity (Wildman–Crippen MR) is 148 cm³/mol. The number of hydrogen-bond donors (Lipinski definition) is 10. The summed E-state index contributed by atoms with van der Waals surface area (Å²) in [6, 6.07) is 3.49. The fourth-order valence-electron chi connectivity index (χ4n) is 3.25. The number of carboxylic acid groups (broad SMARTS) is 2. The number of amidine groups is 1. The largest absolute Gasteiger partial charge is 0.490 e. The molecule has 3 atom stereocenters. The normalized spacial score (nSPS) is 12.5. The predicted octanol–water partition coefficient (Wildman–Crippen LogP) is -2.51. The van der Waals surface area contributed by atoms with Crippen molar-refractivity contribution in [1.82, 2.24) is 16.0 Å². The lowest BCUT2D eigenvalue weighted by Gasteiger charge is -2.23. The second-order valence-corrected chi connectivity index (χ2v) is 8.86. The Morgan fingerprint density at radius 3 is 1.84 bits per heavy atom. The van der Waals surface area contributed by atoms with Crippen molar-refractivity contribution in [3.8, 4) is 0 Å². The molecule has 1 rings (SSSR count). The monoisotopic (exact) mass is 633 g/mol. The lowest BCUT2D eigenvalue weighted by atomic mass is 9.96. The van der Waals surface area contributed by atoms with Gasteiger partial charge >= 0.3 is 18.1 Å². The number of carbonyl (C=O) groups is 6. The summed E-state index contributed by atoms with van der Waals surface area (Å²) in [4.78, 5) is 74.0. The summed E-state index contributed by atoms with van der Waals surface area (Å²) < 4.78 is 31.7. The summed E-state index contributed by atoms with van der Waals surface area (Å²) >= 11 is 0. The molecular weight excluding hydrogens is 599 g/mol. The zero-order chi connectivity index (χ0) is 34.2. The molecule has 0 aliphatic rings. The van der Waals surface area contributed by atoms with Gasteiger partial charge in [0.15, 0.2) is 5.96 Å². The number of halogens is 3. The number of nitrogen functional groups attached to an aromatic ring is 1. The molecule has 17 nitrogen and oxygen atoms in total. The quantitative estimate of drug-likeness (QED) is 0.0416. The van der Waals surface area contributed by atoms with Crippen LogP contribution in [0.4, 0.5) is 13.2 Å². The minimum atomic E-state index is -5.08. The smallest absolute Gasteiger partial charge is 0.481 e. The molecule has 20 heteroatoms. The van der Waals surface area contributed by atoms with Crippen molar-refractivity contribution in [2.45, 2.75) is 43.9 Å². The summed E-state index contributed by atoms with van der Waals surface area (Å²) in [7, 11) is 1.32. The molecule has 0 heterocycles. The average molecular weight is 634 g/mol. The van der Waals surface area contributed by atoms with Gasteiger partial charge in [0.05, 0.1) is 6.42 Å². The van der Waals surface area contributed by atoms with Crippen LogP contribution in [0.1, 0.15) is 30.4 Å². The molecule has 244 valence electrons. The first-order chi connectivity index (χ1) is 20.3. The third kappa shape index (κ3) is 15.0. The maximum absolute atomic E-state index is 13.0. The van der Waals surface area contributed by atoms with Gasteiger partial charge < -0.3 is 49.1 Å². The first-order valence-electron chi connectivity index (χ1n) is 12.4. The Hall–Kier alpha value is -5.43. The number of nitrogens with one attached hydrogen (secondary N) is 4. The molecular formula is C24H34F3N9O8. The molecule has 0 bridgehead atoms. The Balaban J connectivity index is 0.00000234. The number of carbonyl (C=O) groups excluding carboxylic acids is 4. The zero-order valence-corrected chi connectivity index (χ0v) is 23.3. The number of rotatable bonds is 15. The molecule has 14 N–H and O–H groups in total. The van der Waals surface area contributed by atoms with Gasteiger partial charge in [0.2, 0.25) is 23.6 Å². The molecule has 0 radical (unpaired) electrons. The molecule has 0 saturated heterocycles. The van der Waals surface area contributed by atoms with Gasteiger partial charge in [-0.05, 0) is 24.8 Å². The van der Waals surface area contributed by atoms with Gasteiger partial charge in [0.1, 0.15) is 23.8 Å². The number of amides is 4. The van der Waals surface area contributed by atoms with E-state index in [1.807, 2.05) is 0 Å². The molecule has 0 saturated carbocycles. The fourth-order valence-corrected chi connectivity index (χ4v) is 3.25. The number of guanidine groups is 1. The number of hydrogen-bond acceptors (Lipinski definition) is 8. The highest BCUT2D eigenvalue weighted by molar-refractivity contribution is 6.03. The van der Waals surface area contributed by atoms with Crippen LogP contribution in [-0.2, 0) is 35.2 Å². The second kappa shape index (κ2) is 18.2. The first-order valence-corrected chi connectivity index (χ1v) is 12.4. The molecule has 1 aromatic rings. The highest BCUT2D eigenvalue weighted by Crippen LogP contribution is 2.14. The minimum Gasteiger partial charge on any atom is -0.481 e. The van der Waals surface area contributed by atoms with E-state index in [9.17, 15) is 42.3 Å². The van der Waals surface area contributed by atoms with E-state index in [4.69, 9.17) is 38.2 Å². The third-order valence-electron chi connectivity index (χ3n) is 5.44. The molecule has 1 aromatic carbocycles. The molecule has 0 aromatic heterocycles. The van der Waals surface area contributed by atoms with Gasteiger partial charge in [0.25, 0.3) is 0 Å². The van der Waals surface area contributed by atoms with E-state index in [-0.39, 0.29) is 37.6 Å². The van der Waals surface area contributed by atoms with Crippen molar-refractivity contribution < 1.29 is 52.2 Å². The summed E-state index contributed by atoms with van der Waals surface area (Å²) in [6.07, 6.45) is -5.64. The molecule has 0 aliphatic heterocycles. The Labute approximate surface area is 248 Å². The van der Waals surface area contributed by atoms with Crippen LogP contribution < -0.4 is 38.9 Å². The number of nitrogens with zero attached hydrogens (tertiary/aromatic N) is 1. The Morgan fingerprint density at radius 1 is 0.909 bits per heavy atom. The SMILES string of the molecule is CNC(=O)C(Cc1ccc(C(=N)N)cc1)C(=O)N[C@@H](CC(=O)O)C(=O)N[C@@H](CCCN=C(N)N)C(N)=O.O=C(O)C(F)(F)F. The van der Waals surface area contributed by atoms with Crippen LogP contribution in [-0.4, -0.2) is 89.4 Å². The number of alkyl halides is 3. The maximum Gasteiger partial charge on any atom is 0.490 e. The number of benzene rings is 1. The van der Waals surface area contributed by atoms with Crippen molar-refractivity contribution in [3.63, 3.8) is 0 Å². The standard InChI is InChI=1S/C22H33N9O6.C2HF3O2/c1-28-19(35)13(9-11-4-6-12(7-5-11)17(23)24)20(36)31-15(10-16(32)33)21(37)30-14(18(25)34)3-2-8-29-22(26)27;3-2(4,5)1(6)7/h4-7,13-15H,2-3,8-10H2,1H3,(H3,23,24)(H2,25,34)(H,28,35)(H,30,37)(H,31,36)(H,32,33)(H4,26,27,29);(H,6,7)/t13?,14-,15-;/m0./s1. The average Bonchev–Trinajstić information content (AvgIpc) is 2.91. The number of carboxylic acids is 2. The van der Waals surface area contributed by atoms with Crippen LogP contribution in [0.15, 0.2) is 29.3 Å². The van der Waals surface area contributed by atoms with Crippen molar-refractivity contribution in [2.24, 2.45) is 33.8 Å². The highest BCUT2D eigenvalue weighted by Gasteiger charge is 2.38. The van der Waals surface area contributed by atoms with Crippen LogP contribution in [0.2, 0.25) is 0 Å². The summed E-state index contributed by atoms with van der Waals surface area (Å²) in [6.45, 7) is 0.165. The molecule has 0 aliphatic carbocycles. The van der Waals surface area contributed by atoms with Gasteiger partial charge in [-0.3, -0.25) is 34.4 Å². The first kappa shape index (κ1) is 38.6. The van der Waals surface area contributed by atoms with E-state index < -0.39 is 66.2 Å². The van der Waals surface area contributed by atoms with Crippen molar-refractivity contribution in [3.05, 3.63) is 35.4 Å². The van der Waals surface area contributed by atoms with E-state index in [2.05, 4.69) is 20.9 Å². The number of aliphatic imine (C=N–C) groups is 1. The topological polar surface area (TPSA) is 319 Å². The Kier molecular flexibility index (Phi) is 15.9. The van der Waals surface area contributed by atoms with Crippen LogP contribution in [0.25, 0.3) is 0 Å². The van der Waals surface area contributed by atoms with Crippen LogP contribution in [0.3, 0.4) is 0 Å². The van der Waals surface area contributed by atoms with E-state index in [0.29, 0.717) is 11.1 Å². The highest BCUT2D eigenvalue weighted by atomic mass is 19.4. The van der Waals surface area contributed by atoms with E-state index in [1.165, 1.54) is 7.05 Å². The molecule has 44 heavy (non-hydrogen) atoms. The molecule has 0 fully saturated rings.